The topological polar surface area (TPSA) is 9.23 Å². The normalized spacial score (nSPS) is 34.8. The summed E-state index contributed by atoms with van der Waals surface area (Å²) in [6.45, 7) is 7.17. The number of rotatable bonds is 2. The monoisotopic (exact) mass is 230 g/mol. The minimum atomic E-state index is 0.466. The lowest BCUT2D eigenvalue weighted by Gasteiger charge is -2.76. The first-order chi connectivity index (χ1) is 7.91. The third-order valence-corrected chi connectivity index (χ3v) is 5.30. The number of hydrogen-bond donors (Lipinski definition) is 0. The van der Waals surface area contributed by atoms with Crippen molar-refractivity contribution in [1.29, 1.82) is 0 Å². The van der Waals surface area contributed by atoms with E-state index in [4.69, 9.17) is 4.74 Å². The molecule has 92 valence electrons. The Kier molecular flexibility index (Phi) is 2.01. The number of methoxy groups -OCH3 is 1. The van der Waals surface area contributed by atoms with Crippen molar-refractivity contribution in [3.63, 3.8) is 0 Å². The third-order valence-electron chi connectivity index (χ3n) is 5.30. The summed E-state index contributed by atoms with van der Waals surface area (Å²) in [5.74, 6) is 0.997. The van der Waals surface area contributed by atoms with E-state index in [-0.39, 0.29) is 0 Å². The summed E-state index contributed by atoms with van der Waals surface area (Å²) in [6, 6.07) is 8.66. The molecule has 0 aromatic heterocycles. The maximum atomic E-state index is 5.33. The van der Waals surface area contributed by atoms with E-state index in [2.05, 4.69) is 39.0 Å². The summed E-state index contributed by atoms with van der Waals surface area (Å²) in [6.07, 6.45) is 4.12. The fraction of sp³-hybridized carbons (Fsp3) is 0.625. The fourth-order valence-electron chi connectivity index (χ4n) is 3.84. The van der Waals surface area contributed by atoms with Gasteiger partial charge in [0.05, 0.1) is 7.11 Å². The summed E-state index contributed by atoms with van der Waals surface area (Å²) in [5, 5.41) is 0. The Morgan fingerprint density at radius 1 is 1.12 bits per heavy atom. The van der Waals surface area contributed by atoms with E-state index in [1.54, 1.807) is 7.11 Å². The standard InChI is InChI=1S/C16H22O/c1-14(2,3)16-9-15(10-16,11-16)12-6-5-7-13(8-12)17-4/h5-8H,9-11H2,1-4H3. The molecule has 1 aromatic rings. The molecule has 1 heteroatoms. The summed E-state index contributed by atoms with van der Waals surface area (Å²) < 4.78 is 5.33. The van der Waals surface area contributed by atoms with Crippen LogP contribution in [0.5, 0.6) is 5.75 Å². The van der Waals surface area contributed by atoms with Crippen LogP contribution in [0.4, 0.5) is 0 Å². The zero-order valence-corrected chi connectivity index (χ0v) is 11.3. The first kappa shape index (κ1) is 11.1. The van der Waals surface area contributed by atoms with Gasteiger partial charge < -0.3 is 4.74 Å². The highest BCUT2D eigenvalue weighted by Gasteiger charge is 2.71. The quantitative estimate of drug-likeness (QED) is 0.741. The maximum absolute atomic E-state index is 5.33. The zero-order valence-electron chi connectivity index (χ0n) is 11.3. The molecule has 3 aliphatic rings. The number of benzene rings is 1. The van der Waals surface area contributed by atoms with Gasteiger partial charge in [-0.05, 0) is 53.2 Å². The molecule has 0 unspecified atom stereocenters. The van der Waals surface area contributed by atoms with Gasteiger partial charge in [-0.2, -0.15) is 0 Å². The molecule has 2 bridgehead atoms. The van der Waals surface area contributed by atoms with Gasteiger partial charge in [0.25, 0.3) is 0 Å². The Morgan fingerprint density at radius 2 is 1.76 bits per heavy atom. The van der Waals surface area contributed by atoms with Gasteiger partial charge in [-0.1, -0.05) is 32.9 Å². The van der Waals surface area contributed by atoms with Gasteiger partial charge in [0.1, 0.15) is 5.75 Å². The largest absolute Gasteiger partial charge is 0.497 e. The molecule has 3 fully saturated rings. The minimum Gasteiger partial charge on any atom is -0.497 e. The van der Waals surface area contributed by atoms with Crippen LogP contribution >= 0.6 is 0 Å². The lowest BCUT2D eigenvalue weighted by Crippen LogP contribution is -2.69. The molecule has 0 atom stereocenters. The summed E-state index contributed by atoms with van der Waals surface area (Å²) in [4.78, 5) is 0. The molecule has 0 saturated heterocycles. The molecule has 4 rings (SSSR count). The van der Waals surface area contributed by atoms with E-state index >= 15 is 0 Å². The first-order valence-corrected chi connectivity index (χ1v) is 6.56. The molecule has 0 amide bonds. The van der Waals surface area contributed by atoms with Crippen LogP contribution in [0, 0.1) is 10.8 Å². The van der Waals surface area contributed by atoms with Gasteiger partial charge >= 0.3 is 0 Å². The molecule has 0 aliphatic heterocycles. The Labute approximate surface area is 104 Å². The second-order valence-electron chi connectivity index (χ2n) is 7.07. The molecular weight excluding hydrogens is 208 g/mol. The Balaban J connectivity index is 1.82. The minimum absolute atomic E-state index is 0.466. The number of ether oxygens (including phenoxy) is 1. The van der Waals surface area contributed by atoms with E-state index in [0.29, 0.717) is 16.2 Å². The molecule has 3 aliphatic carbocycles. The van der Waals surface area contributed by atoms with Crippen molar-refractivity contribution in [2.75, 3.05) is 7.11 Å². The van der Waals surface area contributed by atoms with Gasteiger partial charge in [-0.15, -0.1) is 0 Å². The van der Waals surface area contributed by atoms with Crippen LogP contribution < -0.4 is 4.74 Å². The van der Waals surface area contributed by atoms with Crippen LogP contribution in [-0.4, -0.2) is 7.11 Å². The van der Waals surface area contributed by atoms with E-state index in [1.165, 1.54) is 24.8 Å². The highest BCUT2D eigenvalue weighted by atomic mass is 16.5. The molecule has 0 radical (unpaired) electrons. The van der Waals surface area contributed by atoms with Gasteiger partial charge in [0.2, 0.25) is 0 Å². The van der Waals surface area contributed by atoms with Crippen LogP contribution in [-0.2, 0) is 5.41 Å². The lowest BCUT2D eigenvalue weighted by molar-refractivity contribution is -0.208. The summed E-state index contributed by atoms with van der Waals surface area (Å²) >= 11 is 0. The smallest absolute Gasteiger partial charge is 0.119 e. The van der Waals surface area contributed by atoms with Crippen molar-refractivity contribution in [3.8, 4) is 5.75 Å². The van der Waals surface area contributed by atoms with Gasteiger partial charge in [-0.25, -0.2) is 0 Å². The van der Waals surface area contributed by atoms with E-state index in [9.17, 15) is 0 Å². The lowest BCUT2D eigenvalue weighted by atomic mass is 9.28. The van der Waals surface area contributed by atoms with Crippen molar-refractivity contribution in [2.45, 2.75) is 45.4 Å². The highest BCUT2D eigenvalue weighted by molar-refractivity contribution is 5.43. The highest BCUT2D eigenvalue weighted by Crippen LogP contribution is 2.79. The second kappa shape index (κ2) is 3.07. The average molecular weight is 230 g/mol. The average Bonchev–Trinajstić information content (AvgIpc) is 2.11. The molecule has 0 N–H and O–H groups in total. The van der Waals surface area contributed by atoms with Crippen LogP contribution in [0.15, 0.2) is 24.3 Å². The van der Waals surface area contributed by atoms with Gasteiger partial charge in [-0.3, -0.25) is 0 Å². The van der Waals surface area contributed by atoms with Crippen LogP contribution in [0.2, 0.25) is 0 Å². The second-order valence-corrected chi connectivity index (χ2v) is 7.07. The Hall–Kier alpha value is -0.980. The van der Waals surface area contributed by atoms with E-state index < -0.39 is 0 Å². The molecular formula is C16H22O. The first-order valence-electron chi connectivity index (χ1n) is 6.56. The Bertz CT molecular complexity index is 433. The Morgan fingerprint density at radius 3 is 2.29 bits per heavy atom. The predicted octanol–water partition coefficient (Wildman–Crippen LogP) is 4.16. The van der Waals surface area contributed by atoms with Gasteiger partial charge in [0.15, 0.2) is 0 Å². The summed E-state index contributed by atoms with van der Waals surface area (Å²) in [7, 11) is 1.75. The molecule has 3 saturated carbocycles. The molecule has 1 aromatic carbocycles. The molecule has 0 heterocycles. The van der Waals surface area contributed by atoms with Crippen molar-refractivity contribution in [3.05, 3.63) is 29.8 Å². The van der Waals surface area contributed by atoms with Crippen LogP contribution in [0.1, 0.15) is 45.6 Å². The van der Waals surface area contributed by atoms with Crippen molar-refractivity contribution < 1.29 is 4.74 Å². The van der Waals surface area contributed by atoms with Crippen LogP contribution in [0.3, 0.4) is 0 Å². The SMILES string of the molecule is COc1cccc(C23CC(C(C)(C)C)(C2)C3)c1. The summed E-state index contributed by atoms with van der Waals surface area (Å²) in [5.41, 5.74) is 3.06. The molecule has 17 heavy (non-hydrogen) atoms. The molecule has 0 spiro atoms. The van der Waals surface area contributed by atoms with Crippen LogP contribution in [0.25, 0.3) is 0 Å². The molecule has 1 nitrogen and oxygen atoms in total. The fourth-order valence-corrected chi connectivity index (χ4v) is 3.84. The van der Waals surface area contributed by atoms with Crippen molar-refractivity contribution in [1.82, 2.24) is 0 Å². The zero-order chi connectivity index (χ0) is 12.3. The third kappa shape index (κ3) is 1.31. The number of hydrogen-bond acceptors (Lipinski definition) is 1. The van der Waals surface area contributed by atoms with Crippen molar-refractivity contribution >= 4 is 0 Å². The van der Waals surface area contributed by atoms with E-state index in [0.717, 1.165) is 5.75 Å². The van der Waals surface area contributed by atoms with Gasteiger partial charge in [0, 0.05) is 0 Å². The maximum Gasteiger partial charge on any atom is 0.119 e. The van der Waals surface area contributed by atoms with E-state index in [1.807, 2.05) is 6.07 Å². The predicted molar refractivity (Wildman–Crippen MR) is 70.4 cm³/mol. The van der Waals surface area contributed by atoms with Crippen molar-refractivity contribution in [2.24, 2.45) is 10.8 Å².